The fraction of sp³-hybridized carbons (Fsp3) is 1.00. The van der Waals surface area contributed by atoms with Crippen molar-refractivity contribution in [1.82, 2.24) is 5.48 Å². The lowest BCUT2D eigenvalue weighted by Gasteiger charge is -2.46. The molecule has 3 atom stereocenters. The van der Waals surface area contributed by atoms with Gasteiger partial charge in [0.15, 0.2) is 0 Å². The fourth-order valence-corrected chi connectivity index (χ4v) is 1.96. The van der Waals surface area contributed by atoms with Crippen LogP contribution in [0.5, 0.6) is 0 Å². The lowest BCUT2D eigenvalue weighted by molar-refractivity contribution is -0.181. The molecule has 2 bridgehead atoms. The molecule has 0 radical (unpaired) electrons. The van der Waals surface area contributed by atoms with Crippen LogP contribution in [0.4, 0.5) is 0 Å². The maximum Gasteiger partial charge on any atom is 0.0779 e. The van der Waals surface area contributed by atoms with E-state index in [0.717, 1.165) is 0 Å². The van der Waals surface area contributed by atoms with Crippen molar-refractivity contribution in [3.05, 3.63) is 0 Å². The summed E-state index contributed by atoms with van der Waals surface area (Å²) in [6.45, 7) is 0. The van der Waals surface area contributed by atoms with Crippen LogP contribution in [-0.2, 0) is 9.02 Å². The molecule has 0 aromatic heterocycles. The summed E-state index contributed by atoms with van der Waals surface area (Å²) in [6, 6.07) is 0.424. The smallest absolute Gasteiger partial charge is 0.0779 e. The molecule has 1 N–H and O–H groups in total. The Labute approximate surface area is 71.0 Å². The first-order valence-corrected chi connectivity index (χ1v) is 5.16. The molecule has 1 aliphatic carbocycles. The molecular formula is C7H13NO2S. The van der Waals surface area contributed by atoms with Gasteiger partial charge in [-0.3, -0.25) is 0 Å². The van der Waals surface area contributed by atoms with Crippen molar-refractivity contribution >= 4 is 12.0 Å². The van der Waals surface area contributed by atoms with E-state index in [1.165, 1.54) is 31.3 Å². The monoisotopic (exact) mass is 175 g/mol. The molecule has 0 aromatic rings. The second kappa shape index (κ2) is 3.31. The molecule has 4 heteroatoms. The Balaban J connectivity index is 1.75. The van der Waals surface area contributed by atoms with Gasteiger partial charge in [-0.1, -0.05) is 0 Å². The quantitative estimate of drug-likeness (QED) is 0.514. The van der Waals surface area contributed by atoms with Crippen molar-refractivity contribution in [1.29, 1.82) is 0 Å². The van der Waals surface area contributed by atoms with Gasteiger partial charge in [0.2, 0.25) is 0 Å². The average molecular weight is 175 g/mol. The fourth-order valence-electron chi connectivity index (χ4n) is 1.74. The molecule has 2 aliphatic heterocycles. The first kappa shape index (κ1) is 7.86. The summed E-state index contributed by atoms with van der Waals surface area (Å²) in [4.78, 5) is 0. The van der Waals surface area contributed by atoms with Crippen LogP contribution in [0.3, 0.4) is 0 Å². The number of fused-ring (bicyclic) bond motifs is 2. The Morgan fingerprint density at radius 2 is 2.36 bits per heavy atom. The molecule has 3 aliphatic rings. The zero-order valence-corrected chi connectivity index (χ0v) is 7.39. The summed E-state index contributed by atoms with van der Waals surface area (Å²) in [5.74, 6) is 0. The normalized spacial score (nSPS) is 41.7. The van der Waals surface area contributed by atoms with Crippen LogP contribution in [-0.4, -0.2) is 24.5 Å². The SMILES string of the molecule is CSONC1CCC2CC1O2. The number of hydrogen-bond donors (Lipinski definition) is 1. The summed E-state index contributed by atoms with van der Waals surface area (Å²) >= 11 is 1.35. The molecule has 3 unspecified atom stereocenters. The first-order chi connectivity index (χ1) is 5.40. The standard InChI is InChI=1S/C7H13NO2S/c1-11-10-8-6-3-2-5-4-7(6)9-5/h5-8H,2-4H2,1H3. The van der Waals surface area contributed by atoms with E-state index < -0.39 is 0 Å². The molecule has 2 saturated heterocycles. The van der Waals surface area contributed by atoms with Crippen molar-refractivity contribution in [3.63, 3.8) is 0 Å². The summed E-state index contributed by atoms with van der Waals surface area (Å²) in [5, 5.41) is 0. The maximum atomic E-state index is 5.53. The van der Waals surface area contributed by atoms with Crippen LogP contribution in [0.1, 0.15) is 19.3 Å². The summed E-state index contributed by atoms with van der Waals surface area (Å²) in [5.41, 5.74) is 3.00. The second-order valence-corrected chi connectivity index (χ2v) is 3.58. The van der Waals surface area contributed by atoms with E-state index in [1.807, 2.05) is 6.26 Å². The van der Waals surface area contributed by atoms with Crippen molar-refractivity contribution in [2.75, 3.05) is 6.26 Å². The molecule has 3 fully saturated rings. The van der Waals surface area contributed by atoms with Gasteiger partial charge in [-0.2, -0.15) is 5.48 Å². The van der Waals surface area contributed by atoms with Gasteiger partial charge in [-0.25, -0.2) is 4.28 Å². The molecule has 3 rings (SSSR count). The van der Waals surface area contributed by atoms with Gasteiger partial charge >= 0.3 is 0 Å². The van der Waals surface area contributed by atoms with Gasteiger partial charge in [-0.05, 0) is 12.8 Å². The highest BCUT2D eigenvalue weighted by atomic mass is 32.2. The highest BCUT2D eigenvalue weighted by Gasteiger charge is 2.41. The minimum absolute atomic E-state index is 0.417. The zero-order chi connectivity index (χ0) is 7.68. The van der Waals surface area contributed by atoms with Crippen molar-refractivity contribution < 1.29 is 9.02 Å². The van der Waals surface area contributed by atoms with E-state index in [9.17, 15) is 0 Å². The van der Waals surface area contributed by atoms with Gasteiger partial charge < -0.3 is 4.74 Å². The first-order valence-electron chi connectivity index (χ1n) is 4.01. The van der Waals surface area contributed by atoms with E-state index in [1.54, 1.807) is 0 Å². The number of hydrogen-bond acceptors (Lipinski definition) is 4. The van der Waals surface area contributed by atoms with Crippen LogP contribution in [0.25, 0.3) is 0 Å². The highest BCUT2D eigenvalue weighted by molar-refractivity contribution is 7.93. The average Bonchev–Trinajstić information content (AvgIpc) is 2.00. The molecular weight excluding hydrogens is 162 g/mol. The molecule has 0 spiro atoms. The molecule has 1 saturated carbocycles. The number of hydroxylamine groups is 1. The van der Waals surface area contributed by atoms with E-state index in [4.69, 9.17) is 9.02 Å². The molecule has 0 amide bonds. The van der Waals surface area contributed by atoms with E-state index in [2.05, 4.69) is 5.48 Å². The molecule has 2 heterocycles. The van der Waals surface area contributed by atoms with E-state index >= 15 is 0 Å². The van der Waals surface area contributed by atoms with Crippen LogP contribution in [0.15, 0.2) is 0 Å². The van der Waals surface area contributed by atoms with Crippen LogP contribution in [0.2, 0.25) is 0 Å². The third-order valence-corrected chi connectivity index (χ3v) is 2.66. The molecule has 64 valence electrons. The van der Waals surface area contributed by atoms with Crippen LogP contribution in [0, 0.1) is 0 Å². The number of rotatable bonds is 3. The topological polar surface area (TPSA) is 30.5 Å². The third-order valence-electron chi connectivity index (χ3n) is 2.39. The minimum Gasteiger partial charge on any atom is -0.373 e. The van der Waals surface area contributed by atoms with Gasteiger partial charge in [0.1, 0.15) is 0 Å². The van der Waals surface area contributed by atoms with Crippen molar-refractivity contribution in [2.24, 2.45) is 0 Å². The van der Waals surface area contributed by atoms with Crippen molar-refractivity contribution in [2.45, 2.75) is 37.5 Å². The Kier molecular flexibility index (Phi) is 2.36. The van der Waals surface area contributed by atoms with Crippen molar-refractivity contribution in [3.8, 4) is 0 Å². The second-order valence-electron chi connectivity index (χ2n) is 3.08. The van der Waals surface area contributed by atoms with E-state index in [0.29, 0.717) is 18.2 Å². The molecule has 11 heavy (non-hydrogen) atoms. The largest absolute Gasteiger partial charge is 0.373 e. The Bertz CT molecular complexity index is 136. The Morgan fingerprint density at radius 1 is 1.55 bits per heavy atom. The predicted octanol–water partition coefficient (Wildman–Crippen LogP) is 1.11. The summed E-state index contributed by atoms with van der Waals surface area (Å²) < 4.78 is 10.6. The van der Waals surface area contributed by atoms with Crippen LogP contribution >= 0.6 is 12.0 Å². The molecule has 3 nitrogen and oxygen atoms in total. The maximum absolute atomic E-state index is 5.53. The zero-order valence-electron chi connectivity index (χ0n) is 6.58. The van der Waals surface area contributed by atoms with Gasteiger partial charge in [0.25, 0.3) is 0 Å². The lowest BCUT2D eigenvalue weighted by Crippen LogP contribution is -2.55. The summed E-state index contributed by atoms with van der Waals surface area (Å²) in [6.07, 6.45) is 6.48. The minimum atomic E-state index is 0.417. The van der Waals surface area contributed by atoms with Gasteiger partial charge in [-0.15, -0.1) is 0 Å². The Morgan fingerprint density at radius 3 is 2.91 bits per heavy atom. The number of nitrogens with one attached hydrogen (secondary N) is 1. The van der Waals surface area contributed by atoms with Crippen LogP contribution < -0.4 is 5.48 Å². The molecule has 0 aromatic carbocycles. The Hall–Kier alpha value is 0.230. The third kappa shape index (κ3) is 1.54. The van der Waals surface area contributed by atoms with E-state index in [-0.39, 0.29) is 0 Å². The van der Waals surface area contributed by atoms with Gasteiger partial charge in [0.05, 0.1) is 18.2 Å². The number of ether oxygens (including phenoxy) is 1. The predicted molar refractivity (Wildman–Crippen MR) is 44.0 cm³/mol. The lowest BCUT2D eigenvalue weighted by atomic mass is 9.85. The highest BCUT2D eigenvalue weighted by Crippen LogP contribution is 2.34. The summed E-state index contributed by atoms with van der Waals surface area (Å²) in [7, 11) is 0. The van der Waals surface area contributed by atoms with Gasteiger partial charge in [0, 0.05) is 24.7 Å².